The Labute approximate surface area is 129 Å². The molecule has 4 nitrogen and oxygen atoms in total. The Kier molecular flexibility index (Phi) is 3.52. The van der Waals surface area contributed by atoms with E-state index in [0.717, 1.165) is 30.6 Å². The molecule has 4 heteroatoms. The molecule has 2 atom stereocenters. The fourth-order valence-corrected chi connectivity index (χ4v) is 3.09. The lowest BCUT2D eigenvalue weighted by Crippen LogP contribution is -2.21. The van der Waals surface area contributed by atoms with E-state index in [2.05, 4.69) is 28.5 Å². The van der Waals surface area contributed by atoms with Gasteiger partial charge in [0.1, 0.15) is 12.0 Å². The van der Waals surface area contributed by atoms with Crippen molar-refractivity contribution in [1.29, 1.82) is 0 Å². The monoisotopic (exact) mass is 294 g/mol. The van der Waals surface area contributed by atoms with Crippen LogP contribution in [0, 0.1) is 5.92 Å². The second kappa shape index (κ2) is 5.81. The van der Waals surface area contributed by atoms with Crippen LogP contribution in [0.1, 0.15) is 18.4 Å². The average molecular weight is 294 g/mol. The summed E-state index contributed by atoms with van der Waals surface area (Å²) in [5.74, 6) is 1.91. The molecule has 4 rings (SSSR count). The van der Waals surface area contributed by atoms with Crippen LogP contribution in [0.15, 0.2) is 59.3 Å². The molecule has 1 unspecified atom stereocenters. The number of fused-ring (bicyclic) bond motifs is 1. The Hall–Kier alpha value is -2.33. The van der Waals surface area contributed by atoms with Crippen LogP contribution in [-0.2, 0) is 0 Å². The van der Waals surface area contributed by atoms with Crippen LogP contribution in [0.4, 0.5) is 0 Å². The second-order valence-corrected chi connectivity index (χ2v) is 5.64. The minimum atomic E-state index is -0.157. The van der Waals surface area contributed by atoms with Crippen molar-refractivity contribution in [3.8, 4) is 5.75 Å². The third-order valence-corrected chi connectivity index (χ3v) is 4.22. The van der Waals surface area contributed by atoms with Crippen LogP contribution in [0.3, 0.4) is 0 Å². The summed E-state index contributed by atoms with van der Waals surface area (Å²) in [7, 11) is 0. The first-order chi connectivity index (χ1) is 10.9. The molecule has 0 saturated carbocycles. The van der Waals surface area contributed by atoms with E-state index in [9.17, 15) is 0 Å². The van der Waals surface area contributed by atoms with Gasteiger partial charge >= 0.3 is 0 Å². The Balaban J connectivity index is 1.71. The van der Waals surface area contributed by atoms with E-state index in [4.69, 9.17) is 9.15 Å². The summed E-state index contributed by atoms with van der Waals surface area (Å²) >= 11 is 0. The predicted octanol–water partition coefficient (Wildman–Crippen LogP) is 3.56. The van der Waals surface area contributed by atoms with Gasteiger partial charge in [-0.2, -0.15) is 0 Å². The molecule has 22 heavy (non-hydrogen) atoms. The van der Waals surface area contributed by atoms with Crippen LogP contribution in [0.5, 0.6) is 5.75 Å². The van der Waals surface area contributed by atoms with E-state index in [-0.39, 0.29) is 6.10 Å². The van der Waals surface area contributed by atoms with Gasteiger partial charge in [0.05, 0.1) is 6.20 Å². The van der Waals surface area contributed by atoms with Crippen molar-refractivity contribution in [2.24, 2.45) is 5.92 Å². The summed E-state index contributed by atoms with van der Waals surface area (Å²) in [6.07, 6.45) is 4.20. The lowest BCUT2D eigenvalue weighted by Gasteiger charge is -2.22. The number of hydrogen-bond donors (Lipinski definition) is 1. The zero-order valence-corrected chi connectivity index (χ0v) is 12.2. The molecule has 1 fully saturated rings. The molecular formula is C18H18N2O2. The van der Waals surface area contributed by atoms with E-state index < -0.39 is 0 Å². The summed E-state index contributed by atoms with van der Waals surface area (Å²) in [4.78, 5) is 4.32. The average Bonchev–Trinajstić information content (AvgIpc) is 3.26. The fourth-order valence-electron chi connectivity index (χ4n) is 3.09. The van der Waals surface area contributed by atoms with Gasteiger partial charge in [-0.25, -0.2) is 4.98 Å². The van der Waals surface area contributed by atoms with E-state index in [0.29, 0.717) is 11.8 Å². The van der Waals surface area contributed by atoms with Crippen LogP contribution >= 0.6 is 0 Å². The first-order valence-corrected chi connectivity index (χ1v) is 7.66. The molecule has 1 aliphatic heterocycles. The predicted molar refractivity (Wildman–Crippen MR) is 84.8 cm³/mol. The van der Waals surface area contributed by atoms with Gasteiger partial charge in [0, 0.05) is 17.8 Å². The van der Waals surface area contributed by atoms with E-state index in [1.54, 1.807) is 12.5 Å². The minimum absolute atomic E-state index is 0.157. The van der Waals surface area contributed by atoms with Crippen molar-refractivity contribution in [3.63, 3.8) is 0 Å². The summed E-state index contributed by atoms with van der Waals surface area (Å²) in [5.41, 5.74) is 0. The smallest absolute Gasteiger partial charge is 0.235 e. The largest absolute Gasteiger partial charge is 0.480 e. The molecule has 2 heterocycles. The van der Waals surface area contributed by atoms with Crippen LogP contribution in [0.2, 0.25) is 0 Å². The molecule has 0 spiro atoms. The summed E-state index contributed by atoms with van der Waals surface area (Å²) < 4.78 is 11.9. The molecule has 2 aromatic carbocycles. The Morgan fingerprint density at radius 1 is 1.18 bits per heavy atom. The summed E-state index contributed by atoms with van der Waals surface area (Å²) in [5, 5.41) is 5.68. The zero-order valence-electron chi connectivity index (χ0n) is 12.2. The Bertz CT molecular complexity index is 743. The SMILES string of the molecule is c1ccc2c(OC(c3ncco3)[C@H]3CCNC3)cccc2c1. The lowest BCUT2D eigenvalue weighted by atomic mass is 10.0. The number of oxazole rings is 1. The van der Waals surface area contributed by atoms with E-state index >= 15 is 0 Å². The zero-order chi connectivity index (χ0) is 14.8. The van der Waals surface area contributed by atoms with Crippen molar-refractivity contribution in [2.45, 2.75) is 12.5 Å². The Morgan fingerprint density at radius 3 is 2.91 bits per heavy atom. The lowest BCUT2D eigenvalue weighted by molar-refractivity contribution is 0.116. The fraction of sp³-hybridized carbons (Fsp3) is 0.278. The molecule has 3 aromatic rings. The summed E-state index contributed by atoms with van der Waals surface area (Å²) in [6.45, 7) is 1.94. The van der Waals surface area contributed by atoms with Gasteiger partial charge < -0.3 is 14.5 Å². The van der Waals surface area contributed by atoms with Crippen LogP contribution < -0.4 is 10.1 Å². The van der Waals surface area contributed by atoms with Crippen molar-refractivity contribution in [2.75, 3.05) is 13.1 Å². The van der Waals surface area contributed by atoms with Gasteiger partial charge in [0.2, 0.25) is 5.89 Å². The second-order valence-electron chi connectivity index (χ2n) is 5.64. The van der Waals surface area contributed by atoms with Crippen molar-refractivity contribution in [1.82, 2.24) is 10.3 Å². The number of benzene rings is 2. The molecule has 1 N–H and O–H groups in total. The Morgan fingerprint density at radius 2 is 2.09 bits per heavy atom. The van der Waals surface area contributed by atoms with Crippen LogP contribution in [-0.4, -0.2) is 18.1 Å². The maximum absolute atomic E-state index is 6.36. The van der Waals surface area contributed by atoms with Crippen molar-refractivity contribution < 1.29 is 9.15 Å². The summed E-state index contributed by atoms with van der Waals surface area (Å²) in [6, 6.07) is 14.4. The van der Waals surface area contributed by atoms with Gasteiger partial charge in [-0.1, -0.05) is 36.4 Å². The highest BCUT2D eigenvalue weighted by atomic mass is 16.5. The molecule has 0 bridgehead atoms. The van der Waals surface area contributed by atoms with Crippen molar-refractivity contribution in [3.05, 3.63) is 60.8 Å². The highest BCUT2D eigenvalue weighted by Gasteiger charge is 2.31. The number of nitrogens with one attached hydrogen (secondary N) is 1. The highest BCUT2D eigenvalue weighted by molar-refractivity contribution is 5.88. The van der Waals surface area contributed by atoms with Gasteiger partial charge in [0.25, 0.3) is 0 Å². The maximum Gasteiger partial charge on any atom is 0.235 e. The number of nitrogens with zero attached hydrogens (tertiary/aromatic N) is 1. The van der Waals surface area contributed by atoms with Gasteiger partial charge in [-0.05, 0) is 24.4 Å². The van der Waals surface area contributed by atoms with Gasteiger partial charge in [-0.3, -0.25) is 0 Å². The maximum atomic E-state index is 6.36. The van der Waals surface area contributed by atoms with Crippen LogP contribution in [0.25, 0.3) is 10.8 Å². The normalized spacial score (nSPS) is 19.4. The standard InChI is InChI=1S/C18H18N2O2/c1-2-6-15-13(4-1)5-3-7-16(15)22-17(14-8-9-19-12-14)18-20-10-11-21-18/h1-7,10-11,14,17,19H,8-9,12H2/t14-,17?/m0/s1. The van der Waals surface area contributed by atoms with E-state index in [1.165, 1.54) is 5.39 Å². The number of hydrogen-bond acceptors (Lipinski definition) is 4. The highest BCUT2D eigenvalue weighted by Crippen LogP contribution is 2.34. The molecule has 1 aliphatic rings. The molecular weight excluding hydrogens is 276 g/mol. The first kappa shape index (κ1) is 13.3. The van der Waals surface area contributed by atoms with Gasteiger partial charge in [-0.15, -0.1) is 0 Å². The van der Waals surface area contributed by atoms with E-state index in [1.807, 2.05) is 24.3 Å². The van der Waals surface area contributed by atoms with Crippen molar-refractivity contribution >= 4 is 10.8 Å². The molecule has 0 aliphatic carbocycles. The molecule has 0 radical (unpaired) electrons. The minimum Gasteiger partial charge on any atom is -0.480 e. The number of ether oxygens (including phenoxy) is 1. The molecule has 0 amide bonds. The number of aromatic nitrogens is 1. The quantitative estimate of drug-likeness (QED) is 0.799. The topological polar surface area (TPSA) is 47.3 Å². The number of rotatable bonds is 4. The first-order valence-electron chi connectivity index (χ1n) is 7.66. The van der Waals surface area contributed by atoms with Gasteiger partial charge in [0.15, 0.2) is 6.10 Å². The molecule has 1 aromatic heterocycles. The third-order valence-electron chi connectivity index (χ3n) is 4.22. The third kappa shape index (κ3) is 2.46. The molecule has 112 valence electrons. The molecule has 1 saturated heterocycles.